The van der Waals surface area contributed by atoms with Gasteiger partial charge in [0.25, 0.3) is 0 Å². The van der Waals surface area contributed by atoms with Crippen LogP contribution in [0.1, 0.15) is 46.0 Å². The lowest BCUT2D eigenvalue weighted by molar-refractivity contribution is -0.143. The van der Waals surface area contributed by atoms with Crippen molar-refractivity contribution in [3.8, 4) is 0 Å². The van der Waals surface area contributed by atoms with E-state index in [2.05, 4.69) is 18.7 Å². The molecule has 3 rings (SSSR count). The molecule has 2 heterocycles. The Hall–Kier alpha value is -0.650. The fourth-order valence-electron chi connectivity index (χ4n) is 4.48. The van der Waals surface area contributed by atoms with E-state index in [4.69, 9.17) is 4.74 Å². The number of amides is 1. The van der Waals surface area contributed by atoms with E-state index in [1.807, 2.05) is 4.90 Å². The lowest BCUT2D eigenvalue weighted by atomic mass is 9.80. The van der Waals surface area contributed by atoms with Crippen molar-refractivity contribution >= 4 is 5.91 Å². The summed E-state index contributed by atoms with van der Waals surface area (Å²) >= 11 is 0. The maximum atomic E-state index is 12.8. The fourth-order valence-corrected chi connectivity index (χ4v) is 4.48. The number of piperidine rings is 1. The molecule has 0 aromatic rings. The molecular weight excluding hydrogens is 292 g/mol. The zero-order valence-electron chi connectivity index (χ0n) is 14.7. The minimum Gasteiger partial charge on any atom is -0.388 e. The maximum absolute atomic E-state index is 12.8. The number of carbonyl (C=O) groups is 1. The first-order valence-electron chi connectivity index (χ1n) is 9.21. The van der Waals surface area contributed by atoms with Gasteiger partial charge in [-0.1, -0.05) is 20.3 Å². The molecule has 1 saturated carbocycles. The Balaban J connectivity index is 1.52. The summed E-state index contributed by atoms with van der Waals surface area (Å²) in [5, 5.41) is 10.9. The highest BCUT2D eigenvalue weighted by molar-refractivity contribution is 5.80. The van der Waals surface area contributed by atoms with E-state index < -0.39 is 5.60 Å². The van der Waals surface area contributed by atoms with Crippen molar-refractivity contribution in [1.29, 1.82) is 0 Å². The molecule has 23 heavy (non-hydrogen) atoms. The van der Waals surface area contributed by atoms with Crippen LogP contribution in [0.15, 0.2) is 0 Å². The van der Waals surface area contributed by atoms with E-state index in [1.165, 1.54) is 0 Å². The molecule has 0 bridgehead atoms. The molecule has 3 aliphatic rings. The van der Waals surface area contributed by atoms with Gasteiger partial charge in [-0.2, -0.15) is 0 Å². The van der Waals surface area contributed by atoms with Crippen molar-refractivity contribution in [2.24, 2.45) is 11.3 Å². The van der Waals surface area contributed by atoms with Gasteiger partial charge < -0.3 is 14.7 Å². The van der Waals surface area contributed by atoms with Crippen LogP contribution in [0, 0.1) is 11.3 Å². The Kier molecular flexibility index (Phi) is 5.00. The highest BCUT2D eigenvalue weighted by atomic mass is 16.5. The van der Waals surface area contributed by atoms with Crippen LogP contribution in [0.25, 0.3) is 0 Å². The van der Waals surface area contributed by atoms with E-state index in [9.17, 15) is 9.90 Å². The average molecular weight is 324 g/mol. The van der Waals surface area contributed by atoms with Crippen LogP contribution < -0.4 is 0 Å². The van der Waals surface area contributed by atoms with Gasteiger partial charge in [0.15, 0.2) is 0 Å². The summed E-state index contributed by atoms with van der Waals surface area (Å²) in [6, 6.07) is 0. The molecule has 132 valence electrons. The Labute approximate surface area is 140 Å². The van der Waals surface area contributed by atoms with Crippen LogP contribution in [0.2, 0.25) is 0 Å². The standard InChI is InChI=1S/C18H32N2O3/c1-17(2)5-3-4-15(17)16(21)20-8-6-18(22,7-9-20)14-19-10-12-23-13-11-19/h15,22H,3-14H2,1-2H3. The molecule has 2 aliphatic heterocycles. The SMILES string of the molecule is CC1(C)CCCC1C(=O)N1CCC(O)(CN2CCOCC2)CC1. The lowest BCUT2D eigenvalue weighted by Gasteiger charge is -2.43. The minimum atomic E-state index is -0.640. The summed E-state index contributed by atoms with van der Waals surface area (Å²) < 4.78 is 5.37. The summed E-state index contributed by atoms with van der Waals surface area (Å²) in [6.07, 6.45) is 4.74. The van der Waals surface area contributed by atoms with E-state index in [1.54, 1.807) is 0 Å². The van der Waals surface area contributed by atoms with E-state index in [0.717, 1.165) is 45.6 Å². The van der Waals surface area contributed by atoms with Gasteiger partial charge in [0.05, 0.1) is 18.8 Å². The number of carbonyl (C=O) groups excluding carboxylic acids is 1. The van der Waals surface area contributed by atoms with Crippen molar-refractivity contribution in [2.45, 2.75) is 51.6 Å². The van der Waals surface area contributed by atoms with Crippen molar-refractivity contribution < 1.29 is 14.6 Å². The minimum absolute atomic E-state index is 0.138. The van der Waals surface area contributed by atoms with Gasteiger partial charge in [0.2, 0.25) is 5.91 Å². The Morgan fingerprint density at radius 3 is 2.35 bits per heavy atom. The van der Waals surface area contributed by atoms with E-state index in [0.29, 0.717) is 38.4 Å². The average Bonchev–Trinajstić information content (AvgIpc) is 2.87. The quantitative estimate of drug-likeness (QED) is 0.855. The first kappa shape index (κ1) is 17.2. The van der Waals surface area contributed by atoms with Gasteiger partial charge in [0.1, 0.15) is 0 Å². The molecule has 0 aromatic heterocycles. The summed E-state index contributed by atoms with van der Waals surface area (Å²) in [4.78, 5) is 17.1. The molecular formula is C18H32N2O3. The third kappa shape index (κ3) is 3.89. The number of hydrogen-bond acceptors (Lipinski definition) is 4. The Bertz CT molecular complexity index is 424. The topological polar surface area (TPSA) is 53.0 Å². The number of likely N-dealkylation sites (tertiary alicyclic amines) is 1. The van der Waals surface area contributed by atoms with Crippen molar-refractivity contribution in [3.63, 3.8) is 0 Å². The summed E-state index contributed by atoms with van der Waals surface area (Å²) in [6.45, 7) is 9.89. The van der Waals surface area contributed by atoms with Crippen molar-refractivity contribution in [1.82, 2.24) is 9.80 Å². The molecule has 0 radical (unpaired) electrons. The van der Waals surface area contributed by atoms with Gasteiger partial charge in [0, 0.05) is 38.6 Å². The van der Waals surface area contributed by atoms with Gasteiger partial charge in [-0.25, -0.2) is 0 Å². The fraction of sp³-hybridized carbons (Fsp3) is 0.944. The molecule has 0 aromatic carbocycles. The van der Waals surface area contributed by atoms with Crippen molar-refractivity contribution in [2.75, 3.05) is 45.9 Å². The van der Waals surface area contributed by atoms with Crippen LogP contribution >= 0.6 is 0 Å². The van der Waals surface area contributed by atoms with Gasteiger partial charge >= 0.3 is 0 Å². The molecule has 1 amide bonds. The second kappa shape index (κ2) is 6.69. The second-order valence-corrected chi connectivity index (χ2v) is 8.37. The van der Waals surface area contributed by atoms with Gasteiger partial charge in [-0.05, 0) is 31.1 Å². The number of aliphatic hydroxyl groups is 1. The summed E-state index contributed by atoms with van der Waals surface area (Å²) in [5.41, 5.74) is -0.502. The lowest BCUT2D eigenvalue weighted by Crippen LogP contribution is -2.54. The molecule has 1 N–H and O–H groups in total. The summed E-state index contributed by atoms with van der Waals surface area (Å²) in [5.74, 6) is 0.494. The molecule has 1 unspecified atom stereocenters. The van der Waals surface area contributed by atoms with Crippen LogP contribution in [-0.2, 0) is 9.53 Å². The second-order valence-electron chi connectivity index (χ2n) is 8.37. The number of rotatable bonds is 3. The first-order valence-corrected chi connectivity index (χ1v) is 9.21. The van der Waals surface area contributed by atoms with Gasteiger partial charge in [-0.3, -0.25) is 9.69 Å². The number of hydrogen-bond donors (Lipinski definition) is 1. The number of β-amino-alcohol motifs (C(OH)–C–C–N with tert-alkyl or cyclic N) is 1. The molecule has 1 atom stereocenters. The third-order valence-electron chi connectivity index (χ3n) is 6.18. The molecule has 5 nitrogen and oxygen atoms in total. The molecule has 3 fully saturated rings. The molecule has 0 spiro atoms. The maximum Gasteiger partial charge on any atom is 0.226 e. The van der Waals surface area contributed by atoms with E-state index in [-0.39, 0.29) is 11.3 Å². The third-order valence-corrected chi connectivity index (χ3v) is 6.18. The van der Waals surface area contributed by atoms with E-state index >= 15 is 0 Å². The summed E-state index contributed by atoms with van der Waals surface area (Å²) in [7, 11) is 0. The van der Waals surface area contributed by atoms with Gasteiger partial charge in [-0.15, -0.1) is 0 Å². The van der Waals surface area contributed by atoms with Crippen LogP contribution in [0.3, 0.4) is 0 Å². The highest BCUT2D eigenvalue weighted by Gasteiger charge is 2.43. The predicted molar refractivity (Wildman–Crippen MR) is 89.1 cm³/mol. The molecule has 1 aliphatic carbocycles. The largest absolute Gasteiger partial charge is 0.388 e. The number of ether oxygens (including phenoxy) is 1. The first-order chi connectivity index (χ1) is 10.9. The highest BCUT2D eigenvalue weighted by Crippen LogP contribution is 2.43. The smallest absolute Gasteiger partial charge is 0.226 e. The zero-order chi connectivity index (χ0) is 16.5. The predicted octanol–water partition coefficient (Wildman–Crippen LogP) is 1.50. The zero-order valence-corrected chi connectivity index (χ0v) is 14.7. The monoisotopic (exact) mass is 324 g/mol. The number of nitrogens with zero attached hydrogens (tertiary/aromatic N) is 2. The Morgan fingerprint density at radius 2 is 1.78 bits per heavy atom. The van der Waals surface area contributed by atoms with Crippen molar-refractivity contribution in [3.05, 3.63) is 0 Å². The Morgan fingerprint density at radius 1 is 1.13 bits per heavy atom. The normalized spacial score (nSPS) is 31.3. The van der Waals surface area contributed by atoms with Crippen LogP contribution in [0.5, 0.6) is 0 Å². The molecule has 5 heteroatoms. The van der Waals surface area contributed by atoms with Crippen LogP contribution in [-0.4, -0.2) is 72.4 Å². The number of morpholine rings is 1. The van der Waals surface area contributed by atoms with Crippen LogP contribution in [0.4, 0.5) is 0 Å². The molecule has 2 saturated heterocycles.